The monoisotopic (exact) mass is 226 g/mol. The van der Waals surface area contributed by atoms with Crippen molar-refractivity contribution in [1.82, 2.24) is 4.90 Å². The second kappa shape index (κ2) is 5.15. The Labute approximate surface area is 97.1 Å². The van der Waals surface area contributed by atoms with E-state index in [-0.39, 0.29) is 5.91 Å². The molecule has 0 spiro atoms. The van der Waals surface area contributed by atoms with Crippen LogP contribution in [0.1, 0.15) is 26.2 Å². The van der Waals surface area contributed by atoms with E-state index in [1.807, 2.05) is 11.8 Å². The maximum absolute atomic E-state index is 11.9. The predicted octanol–water partition coefficient (Wildman–Crippen LogP) is 0.609. The Bertz CT molecular complexity index is 257. The molecule has 92 valence electrons. The van der Waals surface area contributed by atoms with Crippen LogP contribution in [0.15, 0.2) is 0 Å². The first-order chi connectivity index (χ1) is 7.72. The molecule has 0 radical (unpaired) electrons. The minimum atomic E-state index is 0.232. The third-order valence-electron chi connectivity index (χ3n) is 3.93. The highest BCUT2D eigenvalue weighted by molar-refractivity contribution is 5.76. The van der Waals surface area contributed by atoms with Crippen molar-refractivity contribution in [1.29, 1.82) is 0 Å². The van der Waals surface area contributed by atoms with E-state index in [1.54, 1.807) is 0 Å². The lowest BCUT2D eigenvalue weighted by molar-refractivity contribution is -0.131. The predicted molar refractivity (Wildman–Crippen MR) is 61.9 cm³/mol. The summed E-state index contributed by atoms with van der Waals surface area (Å²) in [5.41, 5.74) is 6.04. The summed E-state index contributed by atoms with van der Waals surface area (Å²) in [6, 6.07) is 0.315. The lowest BCUT2D eigenvalue weighted by atomic mass is 9.98. The van der Waals surface area contributed by atoms with Crippen LogP contribution in [-0.4, -0.2) is 43.2 Å². The number of carbonyl (C=O) groups excluding carboxylic acids is 1. The fourth-order valence-corrected chi connectivity index (χ4v) is 2.97. The number of ether oxygens (including phenoxy) is 1. The van der Waals surface area contributed by atoms with Gasteiger partial charge in [-0.1, -0.05) is 0 Å². The van der Waals surface area contributed by atoms with Crippen LogP contribution in [-0.2, 0) is 9.53 Å². The van der Waals surface area contributed by atoms with Gasteiger partial charge in [0, 0.05) is 25.7 Å². The third-order valence-corrected chi connectivity index (χ3v) is 3.93. The molecule has 2 rings (SSSR count). The highest BCUT2D eigenvalue weighted by Crippen LogP contribution is 2.37. The molecule has 1 heterocycles. The van der Waals surface area contributed by atoms with Crippen LogP contribution >= 0.6 is 0 Å². The topological polar surface area (TPSA) is 55.6 Å². The summed E-state index contributed by atoms with van der Waals surface area (Å²) in [5, 5.41) is 0. The molecule has 2 N–H and O–H groups in total. The lowest BCUT2D eigenvalue weighted by Gasteiger charge is -2.18. The molecule has 1 amide bonds. The molecule has 3 atom stereocenters. The van der Waals surface area contributed by atoms with Crippen molar-refractivity contribution >= 4 is 5.91 Å². The summed E-state index contributed by atoms with van der Waals surface area (Å²) >= 11 is 0. The highest BCUT2D eigenvalue weighted by Gasteiger charge is 2.42. The second-order valence-corrected chi connectivity index (χ2v) is 4.91. The standard InChI is InChI=1S/C12H22N2O2/c1-2-16-6-5-12(15)14-7-9-3-4-11(13)10(9)8-14/h9-11H,2-8,13H2,1H3. The fourth-order valence-electron chi connectivity index (χ4n) is 2.97. The molecule has 1 saturated carbocycles. The largest absolute Gasteiger partial charge is 0.381 e. The first-order valence-corrected chi connectivity index (χ1v) is 6.33. The molecule has 1 aliphatic heterocycles. The maximum Gasteiger partial charge on any atom is 0.224 e. The molecule has 1 aliphatic carbocycles. The van der Waals surface area contributed by atoms with Crippen molar-refractivity contribution in [3.8, 4) is 0 Å². The van der Waals surface area contributed by atoms with E-state index in [4.69, 9.17) is 10.5 Å². The zero-order valence-electron chi connectivity index (χ0n) is 10.0. The summed E-state index contributed by atoms with van der Waals surface area (Å²) in [4.78, 5) is 13.8. The first kappa shape index (κ1) is 11.9. The number of rotatable bonds is 4. The first-order valence-electron chi connectivity index (χ1n) is 6.33. The van der Waals surface area contributed by atoms with Gasteiger partial charge in [0.05, 0.1) is 13.0 Å². The Morgan fingerprint density at radius 1 is 1.44 bits per heavy atom. The van der Waals surface area contributed by atoms with Gasteiger partial charge >= 0.3 is 0 Å². The zero-order valence-corrected chi connectivity index (χ0v) is 10.0. The van der Waals surface area contributed by atoms with Crippen molar-refractivity contribution in [2.45, 2.75) is 32.2 Å². The molecule has 2 fully saturated rings. The van der Waals surface area contributed by atoms with Crippen LogP contribution in [0, 0.1) is 11.8 Å². The molecule has 1 saturated heterocycles. The lowest BCUT2D eigenvalue weighted by Crippen LogP contribution is -2.33. The molecule has 0 aromatic carbocycles. The number of amides is 1. The van der Waals surface area contributed by atoms with E-state index in [2.05, 4.69) is 0 Å². The minimum Gasteiger partial charge on any atom is -0.381 e. The molecule has 16 heavy (non-hydrogen) atoms. The maximum atomic E-state index is 11.9. The Kier molecular flexibility index (Phi) is 3.82. The molecule has 4 heteroatoms. The number of nitrogens with zero attached hydrogens (tertiary/aromatic N) is 1. The van der Waals surface area contributed by atoms with E-state index >= 15 is 0 Å². The van der Waals surface area contributed by atoms with E-state index in [1.165, 1.54) is 6.42 Å². The molecular weight excluding hydrogens is 204 g/mol. The number of nitrogens with two attached hydrogens (primary N) is 1. The van der Waals surface area contributed by atoms with Crippen LogP contribution in [0.25, 0.3) is 0 Å². The minimum absolute atomic E-state index is 0.232. The van der Waals surface area contributed by atoms with Gasteiger partial charge in [-0.3, -0.25) is 4.79 Å². The van der Waals surface area contributed by atoms with Crippen LogP contribution < -0.4 is 5.73 Å². The molecule has 0 aromatic heterocycles. The van der Waals surface area contributed by atoms with Gasteiger partial charge in [-0.25, -0.2) is 0 Å². The summed E-state index contributed by atoms with van der Waals surface area (Å²) in [6.45, 7) is 4.97. The van der Waals surface area contributed by atoms with Gasteiger partial charge in [0.15, 0.2) is 0 Å². The molecule has 0 bridgehead atoms. The van der Waals surface area contributed by atoms with Crippen molar-refractivity contribution < 1.29 is 9.53 Å². The highest BCUT2D eigenvalue weighted by atomic mass is 16.5. The molecule has 3 unspecified atom stereocenters. The van der Waals surface area contributed by atoms with Crippen LogP contribution in [0.2, 0.25) is 0 Å². The van der Waals surface area contributed by atoms with Crippen molar-refractivity contribution in [3.63, 3.8) is 0 Å². The molecule has 4 nitrogen and oxygen atoms in total. The van der Waals surface area contributed by atoms with Gasteiger partial charge in [0.2, 0.25) is 5.91 Å². The SMILES string of the molecule is CCOCCC(=O)N1CC2CCC(N)C2C1. The van der Waals surface area contributed by atoms with Gasteiger partial charge < -0.3 is 15.4 Å². The molecule has 2 aliphatic rings. The smallest absolute Gasteiger partial charge is 0.224 e. The van der Waals surface area contributed by atoms with Crippen molar-refractivity contribution in [2.75, 3.05) is 26.3 Å². The summed E-state index contributed by atoms with van der Waals surface area (Å²) in [6.07, 6.45) is 2.85. The van der Waals surface area contributed by atoms with Gasteiger partial charge in [0.25, 0.3) is 0 Å². The molecular formula is C12H22N2O2. The quantitative estimate of drug-likeness (QED) is 0.715. The zero-order chi connectivity index (χ0) is 11.5. The number of fused-ring (bicyclic) bond motifs is 1. The normalized spacial score (nSPS) is 33.1. The van der Waals surface area contributed by atoms with Crippen molar-refractivity contribution in [2.24, 2.45) is 17.6 Å². The summed E-state index contributed by atoms with van der Waals surface area (Å²) in [5.74, 6) is 1.44. The van der Waals surface area contributed by atoms with Gasteiger partial charge in [0.1, 0.15) is 0 Å². The van der Waals surface area contributed by atoms with E-state index < -0.39 is 0 Å². The van der Waals surface area contributed by atoms with E-state index in [0.29, 0.717) is 37.5 Å². The van der Waals surface area contributed by atoms with Gasteiger partial charge in [-0.15, -0.1) is 0 Å². The van der Waals surface area contributed by atoms with Crippen LogP contribution in [0.3, 0.4) is 0 Å². The third kappa shape index (κ3) is 2.38. The Balaban J connectivity index is 1.78. The summed E-state index contributed by atoms with van der Waals surface area (Å²) in [7, 11) is 0. The van der Waals surface area contributed by atoms with Gasteiger partial charge in [-0.2, -0.15) is 0 Å². The average molecular weight is 226 g/mol. The number of hydrogen-bond acceptors (Lipinski definition) is 3. The number of hydrogen-bond donors (Lipinski definition) is 1. The van der Waals surface area contributed by atoms with Crippen LogP contribution in [0.5, 0.6) is 0 Å². The molecule has 0 aromatic rings. The Morgan fingerprint density at radius 3 is 2.94 bits per heavy atom. The van der Waals surface area contributed by atoms with E-state index in [0.717, 1.165) is 19.5 Å². The second-order valence-electron chi connectivity index (χ2n) is 4.91. The number of likely N-dealkylation sites (tertiary alicyclic amines) is 1. The van der Waals surface area contributed by atoms with Crippen LogP contribution in [0.4, 0.5) is 0 Å². The summed E-state index contributed by atoms with van der Waals surface area (Å²) < 4.78 is 5.21. The van der Waals surface area contributed by atoms with E-state index in [9.17, 15) is 4.79 Å². The number of carbonyl (C=O) groups is 1. The average Bonchev–Trinajstić information content (AvgIpc) is 2.82. The Morgan fingerprint density at radius 2 is 2.25 bits per heavy atom. The fraction of sp³-hybridized carbons (Fsp3) is 0.917. The van der Waals surface area contributed by atoms with Crippen molar-refractivity contribution in [3.05, 3.63) is 0 Å². The van der Waals surface area contributed by atoms with Gasteiger partial charge in [-0.05, 0) is 31.6 Å². The Hall–Kier alpha value is -0.610.